The molecule has 1 heterocycles. The highest BCUT2D eigenvalue weighted by Gasteiger charge is 2.15. The van der Waals surface area contributed by atoms with E-state index >= 15 is 0 Å². The second kappa shape index (κ2) is 8.67. The molecule has 0 aliphatic rings. The number of hydrogen-bond donors (Lipinski definition) is 1. The second-order valence-corrected chi connectivity index (χ2v) is 6.29. The van der Waals surface area contributed by atoms with E-state index in [1.165, 1.54) is 18.2 Å². The topological polar surface area (TPSA) is 109 Å². The third-order valence-electron chi connectivity index (χ3n) is 4.27. The van der Waals surface area contributed by atoms with Gasteiger partial charge in [0.15, 0.2) is 0 Å². The van der Waals surface area contributed by atoms with Crippen molar-refractivity contribution in [2.24, 2.45) is 0 Å². The lowest BCUT2D eigenvalue weighted by atomic mass is 10.1. The maximum Gasteiger partial charge on any atom is 0.270 e. The largest absolute Gasteiger partial charge is 0.457 e. The lowest BCUT2D eigenvalue weighted by Crippen LogP contribution is -2.27. The maximum atomic E-state index is 12.4. The van der Waals surface area contributed by atoms with Crippen molar-refractivity contribution in [1.82, 2.24) is 5.32 Å². The third kappa shape index (κ3) is 4.76. The van der Waals surface area contributed by atoms with Gasteiger partial charge >= 0.3 is 0 Å². The number of nitro benzene ring substituents is 1. The molecule has 0 aliphatic carbocycles. The van der Waals surface area contributed by atoms with Crippen LogP contribution in [0, 0.1) is 21.4 Å². The number of non-ortho nitro benzene ring substituents is 1. The summed E-state index contributed by atoms with van der Waals surface area (Å²) in [5, 5.41) is 23.1. The van der Waals surface area contributed by atoms with Crippen LogP contribution in [-0.4, -0.2) is 10.8 Å². The molecule has 1 aromatic heterocycles. The summed E-state index contributed by atoms with van der Waals surface area (Å²) in [5.74, 6) is 0.179. The first kappa shape index (κ1) is 19.6. The smallest absolute Gasteiger partial charge is 0.270 e. The number of carbonyl (C=O) groups is 1. The molecule has 0 bridgehead atoms. The summed E-state index contributed by atoms with van der Waals surface area (Å²) in [5.41, 5.74) is 1.29. The van der Waals surface area contributed by atoms with Crippen LogP contribution in [0.3, 0.4) is 0 Å². The van der Waals surface area contributed by atoms with E-state index in [1.54, 1.807) is 24.3 Å². The number of benzene rings is 2. The Balaban J connectivity index is 1.78. The van der Waals surface area contributed by atoms with E-state index in [2.05, 4.69) is 5.32 Å². The number of nitrogens with one attached hydrogen (secondary N) is 1. The van der Waals surface area contributed by atoms with Crippen molar-refractivity contribution in [2.45, 2.75) is 13.0 Å². The Hall–Kier alpha value is -4.18. The van der Waals surface area contributed by atoms with Gasteiger partial charge in [0.25, 0.3) is 11.6 Å². The Bertz CT molecular complexity index is 1110. The summed E-state index contributed by atoms with van der Waals surface area (Å²) in [6.07, 6.45) is 1.34. The van der Waals surface area contributed by atoms with Crippen LogP contribution in [0.4, 0.5) is 5.69 Å². The molecule has 2 aromatic carbocycles. The molecule has 3 rings (SSSR count). The van der Waals surface area contributed by atoms with Crippen molar-refractivity contribution >= 4 is 17.7 Å². The van der Waals surface area contributed by atoms with Gasteiger partial charge in [0, 0.05) is 23.8 Å². The molecule has 29 heavy (non-hydrogen) atoms. The lowest BCUT2D eigenvalue weighted by Gasteiger charge is -2.13. The summed E-state index contributed by atoms with van der Waals surface area (Å²) in [4.78, 5) is 22.9. The Morgan fingerprint density at radius 2 is 1.93 bits per heavy atom. The Kier molecular flexibility index (Phi) is 5.85. The van der Waals surface area contributed by atoms with Crippen LogP contribution in [0.5, 0.6) is 0 Å². The van der Waals surface area contributed by atoms with Crippen LogP contribution in [-0.2, 0) is 4.79 Å². The Morgan fingerprint density at radius 1 is 1.17 bits per heavy atom. The van der Waals surface area contributed by atoms with Gasteiger partial charge in [0.2, 0.25) is 0 Å². The average Bonchev–Trinajstić information content (AvgIpc) is 3.21. The van der Waals surface area contributed by atoms with Crippen LogP contribution in [0.25, 0.3) is 17.4 Å². The summed E-state index contributed by atoms with van der Waals surface area (Å²) in [6.45, 7) is 1.83. The maximum absolute atomic E-state index is 12.4. The van der Waals surface area contributed by atoms with Gasteiger partial charge in [0.1, 0.15) is 23.2 Å². The number of rotatable bonds is 6. The molecule has 1 unspecified atom stereocenters. The van der Waals surface area contributed by atoms with E-state index in [-0.39, 0.29) is 17.3 Å². The zero-order valence-electron chi connectivity index (χ0n) is 15.5. The zero-order valence-corrected chi connectivity index (χ0v) is 15.5. The first-order valence-corrected chi connectivity index (χ1v) is 8.80. The number of hydrogen-bond acceptors (Lipinski definition) is 5. The molecule has 1 atom stereocenters. The molecule has 3 aromatic rings. The normalized spacial score (nSPS) is 12.1. The van der Waals surface area contributed by atoms with E-state index in [4.69, 9.17) is 4.42 Å². The number of nitrogens with zero attached hydrogens (tertiary/aromatic N) is 2. The number of carbonyl (C=O) groups excluding carboxylic acids is 1. The summed E-state index contributed by atoms with van der Waals surface area (Å²) in [7, 11) is 0. The first-order chi connectivity index (χ1) is 14.0. The molecular weight excluding hydrogens is 370 g/mol. The standard InChI is InChI=1S/C22H17N3O4/c1-15(16-6-3-2-4-7-16)24-22(26)18(14-23)13-20-10-11-21(29-20)17-8-5-9-19(12-17)25(27)28/h2-13,15H,1H3,(H,24,26). The minimum atomic E-state index is -0.517. The molecule has 1 amide bonds. The molecule has 7 nitrogen and oxygen atoms in total. The minimum absolute atomic E-state index is 0.0528. The fourth-order valence-electron chi connectivity index (χ4n) is 2.75. The Labute approximate surface area is 167 Å². The van der Waals surface area contributed by atoms with Gasteiger partial charge in [-0.25, -0.2) is 0 Å². The van der Waals surface area contributed by atoms with E-state index in [0.29, 0.717) is 17.1 Å². The quantitative estimate of drug-likeness (QED) is 0.287. The highest BCUT2D eigenvalue weighted by Crippen LogP contribution is 2.26. The molecule has 0 saturated heterocycles. The zero-order chi connectivity index (χ0) is 20.8. The fraction of sp³-hybridized carbons (Fsp3) is 0.0909. The highest BCUT2D eigenvalue weighted by atomic mass is 16.6. The third-order valence-corrected chi connectivity index (χ3v) is 4.27. The van der Waals surface area contributed by atoms with Gasteiger partial charge in [-0.05, 0) is 24.6 Å². The predicted octanol–water partition coefficient (Wildman–Crippen LogP) is 4.64. The fourth-order valence-corrected chi connectivity index (χ4v) is 2.75. The van der Waals surface area contributed by atoms with Gasteiger partial charge in [-0.1, -0.05) is 42.5 Å². The molecule has 1 N–H and O–H groups in total. The number of nitro groups is 1. The molecule has 0 saturated carbocycles. The second-order valence-electron chi connectivity index (χ2n) is 6.29. The van der Waals surface area contributed by atoms with E-state index in [0.717, 1.165) is 5.56 Å². The summed E-state index contributed by atoms with van der Waals surface area (Å²) >= 11 is 0. The molecule has 0 aliphatic heterocycles. The lowest BCUT2D eigenvalue weighted by molar-refractivity contribution is -0.384. The van der Waals surface area contributed by atoms with E-state index in [1.807, 2.05) is 43.3 Å². The van der Waals surface area contributed by atoms with Crippen molar-refractivity contribution in [3.05, 3.63) is 93.7 Å². The van der Waals surface area contributed by atoms with Crippen LogP contribution in [0.2, 0.25) is 0 Å². The van der Waals surface area contributed by atoms with Gasteiger partial charge in [0.05, 0.1) is 11.0 Å². The summed E-state index contributed by atoms with van der Waals surface area (Å²) in [6, 6.07) is 20.3. The monoisotopic (exact) mass is 387 g/mol. The molecule has 7 heteroatoms. The molecule has 0 fully saturated rings. The van der Waals surface area contributed by atoms with Crippen LogP contribution < -0.4 is 5.32 Å². The van der Waals surface area contributed by atoms with E-state index < -0.39 is 10.8 Å². The van der Waals surface area contributed by atoms with Gasteiger partial charge < -0.3 is 9.73 Å². The highest BCUT2D eigenvalue weighted by molar-refractivity contribution is 6.01. The van der Waals surface area contributed by atoms with Gasteiger partial charge in [-0.2, -0.15) is 5.26 Å². The average molecular weight is 387 g/mol. The van der Waals surface area contributed by atoms with Crippen molar-refractivity contribution in [3.63, 3.8) is 0 Å². The molecule has 0 radical (unpaired) electrons. The van der Waals surface area contributed by atoms with Crippen molar-refractivity contribution in [2.75, 3.05) is 0 Å². The van der Waals surface area contributed by atoms with Crippen LogP contribution in [0.1, 0.15) is 24.3 Å². The minimum Gasteiger partial charge on any atom is -0.457 e. The van der Waals surface area contributed by atoms with Crippen LogP contribution in [0.15, 0.2) is 76.7 Å². The van der Waals surface area contributed by atoms with Gasteiger partial charge in [-0.3, -0.25) is 14.9 Å². The SMILES string of the molecule is CC(NC(=O)C(C#N)=Cc1ccc(-c2cccc([N+](=O)[O-])c2)o1)c1ccccc1. The van der Waals surface area contributed by atoms with Crippen LogP contribution >= 0.6 is 0 Å². The molecule has 144 valence electrons. The number of amides is 1. The van der Waals surface area contributed by atoms with Crippen molar-refractivity contribution in [3.8, 4) is 17.4 Å². The summed E-state index contributed by atoms with van der Waals surface area (Å²) < 4.78 is 5.65. The van der Waals surface area contributed by atoms with Crippen molar-refractivity contribution in [1.29, 1.82) is 5.26 Å². The predicted molar refractivity (Wildman–Crippen MR) is 107 cm³/mol. The van der Waals surface area contributed by atoms with Crippen molar-refractivity contribution < 1.29 is 14.1 Å². The molecular formula is C22H17N3O4. The van der Waals surface area contributed by atoms with Gasteiger partial charge in [-0.15, -0.1) is 0 Å². The number of furan rings is 1. The number of nitriles is 1. The van der Waals surface area contributed by atoms with E-state index in [9.17, 15) is 20.2 Å². The molecule has 0 spiro atoms. The first-order valence-electron chi connectivity index (χ1n) is 8.80. The Morgan fingerprint density at radius 3 is 2.62 bits per heavy atom.